The van der Waals surface area contributed by atoms with Crippen LogP contribution >= 0.6 is 0 Å². The van der Waals surface area contributed by atoms with Crippen molar-refractivity contribution in [2.24, 2.45) is 22.2 Å². The normalized spacial score (nSPS) is 14.6. The van der Waals surface area contributed by atoms with Gasteiger partial charge >= 0.3 is 5.97 Å². The van der Waals surface area contributed by atoms with Crippen LogP contribution in [0.5, 0.6) is 0 Å². The summed E-state index contributed by atoms with van der Waals surface area (Å²) in [5.74, 6) is -1.31. The van der Waals surface area contributed by atoms with Gasteiger partial charge in [0.1, 0.15) is 6.04 Å². The summed E-state index contributed by atoms with van der Waals surface area (Å²) in [6.45, 7) is -0.0384. The van der Waals surface area contributed by atoms with E-state index < -0.39 is 18.1 Å². The van der Waals surface area contributed by atoms with Crippen LogP contribution in [-0.4, -0.2) is 40.8 Å². The number of carboxylic acid groups (broad SMARTS) is 1. The molecule has 0 aliphatic heterocycles. The summed E-state index contributed by atoms with van der Waals surface area (Å²) in [5, 5.41) is 17.5. The predicted molar refractivity (Wildman–Crippen MR) is 46.9 cm³/mol. The van der Waals surface area contributed by atoms with E-state index in [4.69, 9.17) is 27.4 Å². The second kappa shape index (κ2) is 5.33. The van der Waals surface area contributed by atoms with Crippen molar-refractivity contribution in [1.82, 2.24) is 0 Å². The zero-order valence-electron chi connectivity index (χ0n) is 7.05. The summed E-state index contributed by atoms with van der Waals surface area (Å²) in [7, 11) is 0. The van der Waals surface area contributed by atoms with E-state index in [1.165, 1.54) is 0 Å². The number of nitrogens with two attached hydrogens (primary N) is 3. The molecule has 0 rings (SSSR count). The Balaban J connectivity index is 3.80. The van der Waals surface area contributed by atoms with E-state index in [9.17, 15) is 4.79 Å². The van der Waals surface area contributed by atoms with Crippen LogP contribution < -0.4 is 17.2 Å². The van der Waals surface area contributed by atoms with Crippen molar-refractivity contribution in [3.8, 4) is 0 Å². The number of nitrogens with zero attached hydrogens (tertiary/aromatic N) is 1. The molecule has 0 radical (unpaired) electrons. The van der Waals surface area contributed by atoms with Gasteiger partial charge in [-0.25, -0.2) is 0 Å². The lowest BCUT2D eigenvalue weighted by atomic mass is 10.1. The molecule has 8 N–H and O–H groups in total. The van der Waals surface area contributed by atoms with Crippen molar-refractivity contribution in [3.63, 3.8) is 0 Å². The number of aliphatic hydroxyl groups is 1. The van der Waals surface area contributed by atoms with E-state index in [-0.39, 0.29) is 18.9 Å². The molecule has 0 fully saturated rings. The Morgan fingerprint density at radius 2 is 2.00 bits per heavy atom. The van der Waals surface area contributed by atoms with Gasteiger partial charge in [-0.2, -0.15) is 0 Å². The average Bonchev–Trinajstić information content (AvgIpc) is 2.00. The monoisotopic (exact) mass is 190 g/mol. The van der Waals surface area contributed by atoms with Crippen molar-refractivity contribution < 1.29 is 15.0 Å². The third-order valence-corrected chi connectivity index (χ3v) is 1.33. The van der Waals surface area contributed by atoms with Crippen LogP contribution in [0, 0.1) is 0 Å². The second-order valence-corrected chi connectivity index (χ2v) is 2.60. The molecule has 0 spiro atoms. The van der Waals surface area contributed by atoms with E-state index in [0.29, 0.717) is 0 Å². The van der Waals surface area contributed by atoms with Crippen LogP contribution in [-0.2, 0) is 4.79 Å². The van der Waals surface area contributed by atoms with E-state index in [0.717, 1.165) is 0 Å². The average molecular weight is 190 g/mol. The van der Waals surface area contributed by atoms with E-state index in [1.807, 2.05) is 0 Å². The Bertz CT molecular complexity index is 202. The Hall–Kier alpha value is -1.34. The molecule has 0 amide bonds. The van der Waals surface area contributed by atoms with Crippen LogP contribution in [0.15, 0.2) is 4.99 Å². The highest BCUT2D eigenvalue weighted by atomic mass is 16.4. The van der Waals surface area contributed by atoms with Gasteiger partial charge in [0.15, 0.2) is 5.96 Å². The highest BCUT2D eigenvalue weighted by Gasteiger charge is 2.16. The molecule has 0 aliphatic carbocycles. The molecule has 0 aromatic carbocycles. The summed E-state index contributed by atoms with van der Waals surface area (Å²) in [5.41, 5.74) is 15.2. The number of aliphatic carboxylic acids is 1. The van der Waals surface area contributed by atoms with Gasteiger partial charge < -0.3 is 27.4 Å². The smallest absolute Gasteiger partial charge is 0.320 e. The standard InChI is InChI=1S/C6H14N4O3/c7-4(5(12)13)1-3(11)2-10-6(8)9/h3-4,11H,1-2,7H2,(H,12,13)(H4,8,9,10)/t3-,4?/m0/s1. The largest absolute Gasteiger partial charge is 0.480 e. The first kappa shape index (κ1) is 11.7. The zero-order valence-corrected chi connectivity index (χ0v) is 7.05. The van der Waals surface area contributed by atoms with Crippen molar-refractivity contribution in [2.75, 3.05) is 6.54 Å². The maximum atomic E-state index is 10.3. The Morgan fingerprint density at radius 1 is 1.46 bits per heavy atom. The van der Waals surface area contributed by atoms with Gasteiger partial charge in [-0.05, 0) is 0 Å². The quantitative estimate of drug-likeness (QED) is 0.237. The van der Waals surface area contributed by atoms with Crippen molar-refractivity contribution >= 4 is 11.9 Å². The number of rotatable bonds is 5. The number of carboxylic acids is 1. The molecule has 0 aliphatic rings. The summed E-state index contributed by atoms with van der Waals surface area (Å²) >= 11 is 0. The topological polar surface area (TPSA) is 148 Å². The molecule has 2 atom stereocenters. The first-order chi connectivity index (χ1) is 5.93. The molecule has 7 nitrogen and oxygen atoms in total. The third kappa shape index (κ3) is 5.88. The molecule has 0 bridgehead atoms. The lowest BCUT2D eigenvalue weighted by Crippen LogP contribution is -2.35. The molecule has 0 aromatic rings. The lowest BCUT2D eigenvalue weighted by molar-refractivity contribution is -0.139. The van der Waals surface area contributed by atoms with Crippen LogP contribution in [0.3, 0.4) is 0 Å². The number of aliphatic hydroxyl groups excluding tert-OH is 1. The third-order valence-electron chi connectivity index (χ3n) is 1.33. The number of hydrogen-bond acceptors (Lipinski definition) is 4. The first-order valence-corrected chi connectivity index (χ1v) is 3.65. The predicted octanol–water partition coefficient (Wildman–Crippen LogP) is -2.58. The van der Waals surface area contributed by atoms with E-state index >= 15 is 0 Å². The number of hydrogen-bond donors (Lipinski definition) is 5. The Kier molecular flexibility index (Phi) is 4.78. The van der Waals surface area contributed by atoms with Crippen molar-refractivity contribution in [2.45, 2.75) is 18.6 Å². The minimum Gasteiger partial charge on any atom is -0.480 e. The fraction of sp³-hybridized carbons (Fsp3) is 0.667. The van der Waals surface area contributed by atoms with Gasteiger partial charge in [0, 0.05) is 6.42 Å². The fourth-order valence-corrected chi connectivity index (χ4v) is 0.679. The molecule has 0 aromatic heterocycles. The minimum absolute atomic E-state index is 0.0384. The zero-order chi connectivity index (χ0) is 10.4. The summed E-state index contributed by atoms with van der Waals surface area (Å²) < 4.78 is 0. The summed E-state index contributed by atoms with van der Waals surface area (Å²) in [4.78, 5) is 13.8. The molecular weight excluding hydrogens is 176 g/mol. The van der Waals surface area contributed by atoms with Gasteiger partial charge in [0.2, 0.25) is 0 Å². The van der Waals surface area contributed by atoms with Crippen LogP contribution in [0.4, 0.5) is 0 Å². The minimum atomic E-state index is -1.16. The van der Waals surface area contributed by atoms with E-state index in [2.05, 4.69) is 4.99 Å². The van der Waals surface area contributed by atoms with Crippen LogP contribution in [0.25, 0.3) is 0 Å². The molecule has 0 heterocycles. The molecule has 0 saturated carbocycles. The molecule has 1 unspecified atom stereocenters. The first-order valence-electron chi connectivity index (χ1n) is 3.65. The van der Waals surface area contributed by atoms with Crippen molar-refractivity contribution in [3.05, 3.63) is 0 Å². The molecule has 13 heavy (non-hydrogen) atoms. The summed E-state index contributed by atoms with van der Waals surface area (Å²) in [6, 6.07) is -1.09. The SMILES string of the molecule is NC(N)=NC[C@@H](O)CC(N)C(=O)O. The molecule has 0 saturated heterocycles. The van der Waals surface area contributed by atoms with Gasteiger partial charge in [-0.1, -0.05) is 0 Å². The van der Waals surface area contributed by atoms with Crippen LogP contribution in [0.2, 0.25) is 0 Å². The Labute approximate surface area is 75.2 Å². The molecule has 7 heteroatoms. The van der Waals surface area contributed by atoms with Crippen LogP contribution in [0.1, 0.15) is 6.42 Å². The Morgan fingerprint density at radius 3 is 2.38 bits per heavy atom. The van der Waals surface area contributed by atoms with Gasteiger partial charge in [0.05, 0.1) is 12.6 Å². The van der Waals surface area contributed by atoms with Crippen molar-refractivity contribution in [1.29, 1.82) is 0 Å². The summed E-state index contributed by atoms with van der Waals surface area (Å²) in [6.07, 6.45) is -1.01. The van der Waals surface area contributed by atoms with Gasteiger partial charge in [-0.15, -0.1) is 0 Å². The lowest BCUT2D eigenvalue weighted by Gasteiger charge is -2.10. The second-order valence-electron chi connectivity index (χ2n) is 2.60. The highest BCUT2D eigenvalue weighted by Crippen LogP contribution is 1.96. The maximum absolute atomic E-state index is 10.3. The molecule has 76 valence electrons. The number of carbonyl (C=O) groups is 1. The van der Waals surface area contributed by atoms with Gasteiger partial charge in [0.25, 0.3) is 0 Å². The fourth-order valence-electron chi connectivity index (χ4n) is 0.679. The highest BCUT2D eigenvalue weighted by molar-refractivity contribution is 5.75. The number of guanidine groups is 1. The maximum Gasteiger partial charge on any atom is 0.320 e. The van der Waals surface area contributed by atoms with E-state index in [1.54, 1.807) is 0 Å². The number of aliphatic imine (C=N–C) groups is 1. The van der Waals surface area contributed by atoms with Gasteiger partial charge in [-0.3, -0.25) is 9.79 Å². The molecular formula is C6H14N4O3.